The summed E-state index contributed by atoms with van der Waals surface area (Å²) in [6.45, 7) is 3.45. The summed E-state index contributed by atoms with van der Waals surface area (Å²) in [5, 5.41) is 17.8. The van der Waals surface area contributed by atoms with Crippen molar-refractivity contribution in [1.82, 2.24) is 0 Å². The van der Waals surface area contributed by atoms with Gasteiger partial charge in [0.05, 0.1) is 0 Å². The normalized spacial score (nSPS) is 18.5. The number of carboxylic acids is 2. The number of nitrogens with two attached hydrogens (primary N) is 2. The first-order chi connectivity index (χ1) is 7.29. The minimum atomic E-state index is -1.40. The van der Waals surface area contributed by atoms with E-state index in [1.165, 1.54) is 0 Å². The molecule has 0 amide bonds. The minimum absolute atomic E-state index is 0.0719. The van der Waals surface area contributed by atoms with Gasteiger partial charge in [0.2, 0.25) is 0 Å². The van der Waals surface area contributed by atoms with E-state index in [0.717, 1.165) is 0 Å². The van der Waals surface area contributed by atoms with Crippen LogP contribution in [0.25, 0.3) is 0 Å². The summed E-state index contributed by atoms with van der Waals surface area (Å²) in [4.78, 5) is 21.7. The molecule has 6 nitrogen and oxygen atoms in total. The summed E-state index contributed by atoms with van der Waals surface area (Å²) >= 11 is 0. The zero-order valence-electron chi connectivity index (χ0n) is 9.64. The summed E-state index contributed by atoms with van der Waals surface area (Å²) < 4.78 is 0. The lowest BCUT2D eigenvalue weighted by molar-refractivity contribution is -0.147. The highest BCUT2D eigenvalue weighted by molar-refractivity contribution is 5.79. The van der Waals surface area contributed by atoms with Crippen LogP contribution >= 0.6 is 0 Å². The molecule has 0 rings (SSSR count). The van der Waals surface area contributed by atoms with Crippen molar-refractivity contribution in [1.29, 1.82) is 0 Å². The van der Waals surface area contributed by atoms with E-state index in [9.17, 15) is 9.59 Å². The Labute approximate surface area is 94.6 Å². The van der Waals surface area contributed by atoms with E-state index in [2.05, 4.69) is 0 Å². The largest absolute Gasteiger partial charge is 0.480 e. The van der Waals surface area contributed by atoms with Gasteiger partial charge in [-0.15, -0.1) is 0 Å². The Hall–Kier alpha value is -1.14. The quantitative estimate of drug-likeness (QED) is 0.489. The van der Waals surface area contributed by atoms with Gasteiger partial charge in [-0.25, -0.2) is 0 Å². The SMILES string of the molecule is CCC(CC(N)C(=O)O)C(N)(CC)C(=O)O. The lowest BCUT2D eigenvalue weighted by Crippen LogP contribution is -2.55. The molecule has 0 aliphatic rings. The van der Waals surface area contributed by atoms with Crippen LogP contribution in [-0.4, -0.2) is 33.7 Å². The van der Waals surface area contributed by atoms with Crippen LogP contribution in [0.4, 0.5) is 0 Å². The van der Waals surface area contributed by atoms with Gasteiger partial charge in [-0.1, -0.05) is 20.3 Å². The highest BCUT2D eigenvalue weighted by atomic mass is 16.4. The number of aliphatic carboxylic acids is 2. The molecule has 0 saturated carbocycles. The Morgan fingerprint density at radius 2 is 1.81 bits per heavy atom. The third-order valence-electron chi connectivity index (χ3n) is 3.06. The topological polar surface area (TPSA) is 127 Å². The van der Waals surface area contributed by atoms with E-state index in [0.29, 0.717) is 6.42 Å². The van der Waals surface area contributed by atoms with Crippen LogP contribution in [-0.2, 0) is 9.59 Å². The van der Waals surface area contributed by atoms with Crippen LogP contribution in [0.5, 0.6) is 0 Å². The molecule has 94 valence electrons. The molecule has 0 aromatic carbocycles. The van der Waals surface area contributed by atoms with Gasteiger partial charge < -0.3 is 21.7 Å². The minimum Gasteiger partial charge on any atom is -0.480 e. The molecule has 0 bridgehead atoms. The third kappa shape index (κ3) is 3.18. The highest BCUT2D eigenvalue weighted by Crippen LogP contribution is 2.26. The fourth-order valence-electron chi connectivity index (χ4n) is 1.76. The molecule has 6 heteroatoms. The number of carboxylic acid groups (broad SMARTS) is 2. The average Bonchev–Trinajstić information content (AvgIpc) is 2.23. The second-order valence-electron chi connectivity index (χ2n) is 3.98. The van der Waals surface area contributed by atoms with Crippen LogP contribution < -0.4 is 11.5 Å². The van der Waals surface area contributed by atoms with Crippen molar-refractivity contribution in [2.75, 3.05) is 0 Å². The lowest BCUT2D eigenvalue weighted by atomic mass is 9.77. The maximum atomic E-state index is 11.1. The molecule has 0 aliphatic carbocycles. The molecular weight excluding hydrogens is 212 g/mol. The third-order valence-corrected chi connectivity index (χ3v) is 3.06. The molecule has 0 radical (unpaired) electrons. The highest BCUT2D eigenvalue weighted by Gasteiger charge is 2.40. The average molecular weight is 232 g/mol. The van der Waals surface area contributed by atoms with E-state index >= 15 is 0 Å². The zero-order valence-corrected chi connectivity index (χ0v) is 9.64. The summed E-state index contributed by atoms with van der Waals surface area (Å²) in [5.74, 6) is -2.69. The number of carbonyl (C=O) groups is 2. The summed E-state index contributed by atoms with van der Waals surface area (Å²) in [7, 11) is 0. The first-order valence-electron chi connectivity index (χ1n) is 5.30. The Morgan fingerprint density at radius 1 is 1.31 bits per heavy atom. The van der Waals surface area contributed by atoms with Crippen molar-refractivity contribution in [3.8, 4) is 0 Å². The second kappa shape index (κ2) is 5.81. The maximum absolute atomic E-state index is 11.1. The van der Waals surface area contributed by atoms with Gasteiger partial charge in [-0.05, 0) is 18.8 Å². The Morgan fingerprint density at radius 3 is 2.06 bits per heavy atom. The van der Waals surface area contributed by atoms with Crippen LogP contribution in [0.2, 0.25) is 0 Å². The molecule has 0 aromatic heterocycles. The van der Waals surface area contributed by atoms with Gasteiger partial charge in [-0.2, -0.15) is 0 Å². The fraction of sp³-hybridized carbons (Fsp3) is 0.800. The lowest BCUT2D eigenvalue weighted by Gasteiger charge is -2.33. The van der Waals surface area contributed by atoms with Gasteiger partial charge in [0.25, 0.3) is 0 Å². The second-order valence-corrected chi connectivity index (χ2v) is 3.98. The Kier molecular flexibility index (Phi) is 5.40. The number of hydrogen-bond donors (Lipinski definition) is 4. The van der Waals surface area contributed by atoms with Gasteiger partial charge in [0.15, 0.2) is 0 Å². The molecule has 0 aliphatic heterocycles. The van der Waals surface area contributed by atoms with Crippen molar-refractivity contribution in [2.24, 2.45) is 17.4 Å². The molecule has 0 spiro atoms. The van der Waals surface area contributed by atoms with E-state index in [1.54, 1.807) is 13.8 Å². The van der Waals surface area contributed by atoms with Crippen molar-refractivity contribution in [2.45, 2.75) is 44.7 Å². The number of hydrogen-bond acceptors (Lipinski definition) is 4. The van der Waals surface area contributed by atoms with E-state index in [4.69, 9.17) is 21.7 Å². The van der Waals surface area contributed by atoms with Gasteiger partial charge in [-0.3, -0.25) is 9.59 Å². The molecule has 16 heavy (non-hydrogen) atoms. The first-order valence-corrected chi connectivity index (χ1v) is 5.30. The molecule has 0 saturated heterocycles. The van der Waals surface area contributed by atoms with E-state index in [-0.39, 0.29) is 12.8 Å². The van der Waals surface area contributed by atoms with Gasteiger partial charge >= 0.3 is 11.9 Å². The van der Waals surface area contributed by atoms with Crippen LogP contribution in [0.3, 0.4) is 0 Å². The van der Waals surface area contributed by atoms with Crippen molar-refractivity contribution in [3.05, 3.63) is 0 Å². The predicted octanol–water partition coefficient (Wildman–Crippen LogP) is 0.00670. The van der Waals surface area contributed by atoms with E-state index in [1.807, 2.05) is 0 Å². The molecule has 0 aromatic rings. The summed E-state index contributed by atoms with van der Waals surface area (Å²) in [6.07, 6.45) is 0.799. The molecular formula is C10H20N2O4. The zero-order chi connectivity index (χ0) is 12.9. The molecule has 3 unspecified atom stereocenters. The molecule has 3 atom stereocenters. The first kappa shape index (κ1) is 14.9. The number of rotatable bonds is 7. The van der Waals surface area contributed by atoms with Crippen molar-refractivity contribution >= 4 is 11.9 Å². The fourth-order valence-corrected chi connectivity index (χ4v) is 1.76. The predicted molar refractivity (Wildman–Crippen MR) is 58.9 cm³/mol. The van der Waals surface area contributed by atoms with E-state index < -0.39 is 29.4 Å². The van der Waals surface area contributed by atoms with Crippen LogP contribution in [0, 0.1) is 5.92 Å². The van der Waals surface area contributed by atoms with Gasteiger partial charge in [0.1, 0.15) is 11.6 Å². The molecule has 0 heterocycles. The smallest absolute Gasteiger partial charge is 0.323 e. The van der Waals surface area contributed by atoms with Crippen molar-refractivity contribution < 1.29 is 19.8 Å². The Balaban J connectivity index is 4.83. The Bertz CT molecular complexity index is 270. The monoisotopic (exact) mass is 232 g/mol. The van der Waals surface area contributed by atoms with Crippen LogP contribution in [0.15, 0.2) is 0 Å². The summed E-state index contributed by atoms with van der Waals surface area (Å²) in [5.41, 5.74) is 9.79. The van der Waals surface area contributed by atoms with Gasteiger partial charge in [0, 0.05) is 0 Å². The van der Waals surface area contributed by atoms with Crippen LogP contribution in [0.1, 0.15) is 33.1 Å². The van der Waals surface area contributed by atoms with Crippen molar-refractivity contribution in [3.63, 3.8) is 0 Å². The maximum Gasteiger partial charge on any atom is 0.323 e. The summed E-state index contributed by atoms with van der Waals surface area (Å²) in [6, 6.07) is -1.07. The standard InChI is InChI=1S/C10H20N2O4/c1-3-6(5-7(11)8(13)14)10(12,4-2)9(15)16/h6-7H,3-5,11-12H2,1-2H3,(H,13,14)(H,15,16). The molecule has 0 fully saturated rings. The molecule has 6 N–H and O–H groups in total.